The molecule has 4 nitrogen and oxygen atoms in total. The summed E-state index contributed by atoms with van der Waals surface area (Å²) < 4.78 is 11.5. The Hall–Kier alpha value is -1.39. The maximum atomic E-state index is 11.6. The lowest BCUT2D eigenvalue weighted by Crippen LogP contribution is -2.44. The molecule has 1 N–H and O–H groups in total. The number of carbonyl (C=O) groups excluding carboxylic acids is 1. The van der Waals surface area contributed by atoms with Crippen LogP contribution in [0.5, 0.6) is 0 Å². The van der Waals surface area contributed by atoms with Gasteiger partial charge >= 0.3 is 5.97 Å². The standard InChI is InChI=1S/C22H32O4/c1-13-8-7-10-22(6)20(26-22)19(24)17-12-18(25-16(4)23)15(3)21(5,11-9-13)14(17)2/h8,12,15,18-20,24H,2,7,9-11H2,1,3-6H3/b13-8+/t15-,18+,19-,20-,21-,22+/m1/s1. The molecule has 2 bridgehead atoms. The number of allylic oxidation sites excluding steroid dienone is 2. The molecule has 0 spiro atoms. The van der Waals surface area contributed by atoms with Crippen molar-refractivity contribution >= 4 is 5.97 Å². The lowest BCUT2D eigenvalue weighted by Gasteiger charge is -2.46. The van der Waals surface area contributed by atoms with Crippen molar-refractivity contribution in [3.63, 3.8) is 0 Å². The highest BCUT2D eigenvalue weighted by Gasteiger charge is 2.58. The van der Waals surface area contributed by atoms with E-state index in [1.54, 1.807) is 0 Å². The van der Waals surface area contributed by atoms with E-state index in [0.717, 1.165) is 36.8 Å². The van der Waals surface area contributed by atoms with Crippen LogP contribution in [-0.2, 0) is 14.3 Å². The van der Waals surface area contributed by atoms with Crippen LogP contribution in [0.4, 0.5) is 0 Å². The molecule has 3 rings (SSSR count). The second-order valence-corrected chi connectivity index (χ2v) is 8.77. The summed E-state index contributed by atoms with van der Waals surface area (Å²) in [6.45, 7) is 14.3. The van der Waals surface area contributed by atoms with E-state index in [-0.39, 0.29) is 35.1 Å². The monoisotopic (exact) mass is 360 g/mol. The van der Waals surface area contributed by atoms with Crippen LogP contribution in [0.1, 0.15) is 60.3 Å². The average Bonchev–Trinajstić information content (AvgIpc) is 3.24. The molecule has 3 aliphatic rings. The molecule has 0 unspecified atom stereocenters. The zero-order valence-electron chi connectivity index (χ0n) is 16.7. The molecule has 0 aromatic rings. The molecule has 26 heavy (non-hydrogen) atoms. The van der Waals surface area contributed by atoms with Gasteiger partial charge in [0.15, 0.2) is 0 Å². The third-order valence-corrected chi connectivity index (χ3v) is 6.90. The minimum atomic E-state index is -0.734. The highest BCUT2D eigenvalue weighted by atomic mass is 16.6. The number of aliphatic hydroxyl groups excluding tert-OH is 1. The minimum absolute atomic E-state index is 0.0945. The van der Waals surface area contributed by atoms with Gasteiger partial charge in [0.25, 0.3) is 0 Å². The van der Waals surface area contributed by atoms with Crippen LogP contribution in [0.2, 0.25) is 0 Å². The van der Waals surface area contributed by atoms with Crippen molar-refractivity contribution < 1.29 is 19.4 Å². The quantitative estimate of drug-likeness (QED) is 0.435. The largest absolute Gasteiger partial charge is 0.458 e. The fourth-order valence-corrected chi connectivity index (χ4v) is 4.56. The van der Waals surface area contributed by atoms with Gasteiger partial charge in [-0.15, -0.1) is 0 Å². The fraction of sp³-hybridized carbons (Fsp3) is 0.682. The molecule has 0 aromatic heterocycles. The summed E-state index contributed by atoms with van der Waals surface area (Å²) in [4.78, 5) is 11.6. The zero-order chi connectivity index (χ0) is 19.3. The van der Waals surface area contributed by atoms with Gasteiger partial charge in [0.05, 0.1) is 5.60 Å². The van der Waals surface area contributed by atoms with Crippen molar-refractivity contribution in [2.45, 2.75) is 84.2 Å². The van der Waals surface area contributed by atoms with E-state index >= 15 is 0 Å². The number of esters is 1. The Morgan fingerprint density at radius 2 is 2.08 bits per heavy atom. The predicted molar refractivity (Wildman–Crippen MR) is 102 cm³/mol. The molecule has 0 radical (unpaired) electrons. The van der Waals surface area contributed by atoms with Crippen molar-refractivity contribution in [1.29, 1.82) is 0 Å². The Labute approximate surface area is 156 Å². The van der Waals surface area contributed by atoms with E-state index in [1.807, 2.05) is 6.08 Å². The summed E-state index contributed by atoms with van der Waals surface area (Å²) in [5.74, 6) is -0.205. The van der Waals surface area contributed by atoms with E-state index in [0.29, 0.717) is 0 Å². The number of ether oxygens (including phenoxy) is 2. The molecule has 1 saturated heterocycles. The molecular weight excluding hydrogens is 328 g/mol. The van der Waals surface area contributed by atoms with E-state index in [1.165, 1.54) is 12.5 Å². The Balaban J connectivity index is 2.03. The van der Waals surface area contributed by atoms with Crippen molar-refractivity contribution in [2.75, 3.05) is 0 Å². The predicted octanol–water partition coefficient (Wildman–Crippen LogP) is 4.10. The summed E-state index contributed by atoms with van der Waals surface area (Å²) in [7, 11) is 0. The van der Waals surface area contributed by atoms with Gasteiger partial charge in [0.2, 0.25) is 0 Å². The highest BCUT2D eigenvalue weighted by Crippen LogP contribution is 2.53. The number of rotatable bonds is 1. The molecule has 2 aliphatic carbocycles. The van der Waals surface area contributed by atoms with Crippen molar-refractivity contribution in [3.8, 4) is 0 Å². The van der Waals surface area contributed by atoms with Crippen LogP contribution in [-0.4, -0.2) is 35.0 Å². The molecule has 1 fully saturated rings. The Bertz CT molecular complexity index is 676. The molecule has 1 heterocycles. The first-order chi connectivity index (χ1) is 12.1. The van der Waals surface area contributed by atoms with Crippen molar-refractivity contribution in [1.82, 2.24) is 0 Å². The average molecular weight is 360 g/mol. The molecule has 144 valence electrons. The highest BCUT2D eigenvalue weighted by molar-refractivity contribution is 5.66. The third-order valence-electron chi connectivity index (χ3n) is 6.90. The lowest BCUT2D eigenvalue weighted by molar-refractivity contribution is -0.148. The number of carbonyl (C=O) groups is 1. The molecule has 4 heteroatoms. The first-order valence-electron chi connectivity index (χ1n) is 9.69. The van der Waals surface area contributed by atoms with E-state index in [9.17, 15) is 9.90 Å². The van der Waals surface area contributed by atoms with Crippen LogP contribution in [0, 0.1) is 11.3 Å². The number of hydrogen-bond acceptors (Lipinski definition) is 4. The van der Waals surface area contributed by atoms with Gasteiger partial charge < -0.3 is 14.6 Å². The van der Waals surface area contributed by atoms with Crippen molar-refractivity contribution in [2.24, 2.45) is 11.3 Å². The van der Waals surface area contributed by atoms with E-state index in [4.69, 9.17) is 9.47 Å². The molecular formula is C22H32O4. The Morgan fingerprint density at radius 1 is 1.38 bits per heavy atom. The molecule has 0 saturated carbocycles. The second-order valence-electron chi connectivity index (χ2n) is 8.77. The number of fused-ring (bicyclic) bond motifs is 3. The first-order valence-corrected chi connectivity index (χ1v) is 9.69. The van der Waals surface area contributed by atoms with Crippen molar-refractivity contribution in [3.05, 3.63) is 35.5 Å². The SMILES string of the molecule is C=C1C2=C[C@H](OC(C)=O)[C@@H](C)[C@]1(C)CC/C(C)=C/CC[C@]1(C)O[C@@H]1[C@@H]2O. The second kappa shape index (κ2) is 6.65. The molecule has 1 aliphatic heterocycles. The van der Waals surface area contributed by atoms with Gasteiger partial charge in [-0.25, -0.2) is 0 Å². The Kier molecular flexibility index (Phi) is 4.95. The van der Waals surface area contributed by atoms with E-state index < -0.39 is 6.10 Å². The van der Waals surface area contributed by atoms with Crippen LogP contribution < -0.4 is 0 Å². The molecule has 0 amide bonds. The number of hydrogen-bond donors (Lipinski definition) is 1. The smallest absolute Gasteiger partial charge is 0.303 e. The van der Waals surface area contributed by atoms with Crippen LogP contribution >= 0.6 is 0 Å². The third kappa shape index (κ3) is 3.29. The van der Waals surface area contributed by atoms with Crippen LogP contribution in [0.25, 0.3) is 0 Å². The first kappa shape index (κ1) is 19.4. The summed E-state index contributed by atoms with van der Waals surface area (Å²) >= 11 is 0. The summed E-state index contributed by atoms with van der Waals surface area (Å²) in [6.07, 6.45) is 6.62. The zero-order valence-corrected chi connectivity index (χ0v) is 16.7. The summed E-state index contributed by atoms with van der Waals surface area (Å²) in [6, 6.07) is 0. The maximum absolute atomic E-state index is 11.6. The van der Waals surface area contributed by atoms with Crippen LogP contribution in [0.15, 0.2) is 35.5 Å². The summed E-state index contributed by atoms with van der Waals surface area (Å²) in [5, 5.41) is 11.0. The van der Waals surface area contributed by atoms with Gasteiger partial charge in [0, 0.05) is 12.8 Å². The van der Waals surface area contributed by atoms with Crippen LogP contribution in [0.3, 0.4) is 0 Å². The normalized spacial score (nSPS) is 45.2. The van der Waals surface area contributed by atoms with E-state index in [2.05, 4.69) is 40.3 Å². The minimum Gasteiger partial charge on any atom is -0.458 e. The number of epoxide rings is 1. The Morgan fingerprint density at radius 3 is 2.73 bits per heavy atom. The lowest BCUT2D eigenvalue weighted by atomic mass is 9.61. The van der Waals surface area contributed by atoms with Gasteiger partial charge in [-0.2, -0.15) is 0 Å². The topological polar surface area (TPSA) is 59.1 Å². The fourth-order valence-electron chi connectivity index (χ4n) is 4.56. The number of aliphatic hydroxyl groups is 1. The van der Waals surface area contributed by atoms with Gasteiger partial charge in [0.1, 0.15) is 18.3 Å². The van der Waals surface area contributed by atoms with Gasteiger partial charge in [-0.1, -0.05) is 32.1 Å². The molecule has 0 aromatic carbocycles. The van der Waals surface area contributed by atoms with Gasteiger partial charge in [-0.05, 0) is 62.2 Å². The maximum Gasteiger partial charge on any atom is 0.303 e. The summed E-state index contributed by atoms with van der Waals surface area (Å²) in [5.41, 5.74) is 2.56. The molecule has 6 atom stereocenters. The van der Waals surface area contributed by atoms with Gasteiger partial charge in [-0.3, -0.25) is 4.79 Å².